The van der Waals surface area contributed by atoms with Gasteiger partial charge in [-0.05, 0) is 46.6 Å². The highest BCUT2D eigenvalue weighted by molar-refractivity contribution is 9.10. The van der Waals surface area contributed by atoms with Gasteiger partial charge in [0, 0.05) is 33.7 Å². The number of aliphatic hydroxyl groups excluding tert-OH is 1. The van der Waals surface area contributed by atoms with E-state index in [2.05, 4.69) is 45.1 Å². The summed E-state index contributed by atoms with van der Waals surface area (Å²) in [6.07, 6.45) is 4.51. The molecule has 1 N–H and O–H groups in total. The van der Waals surface area contributed by atoms with Gasteiger partial charge in [0.05, 0.1) is 31.0 Å². The highest BCUT2D eigenvalue weighted by atomic mass is 79.9. The van der Waals surface area contributed by atoms with Crippen molar-refractivity contribution < 1.29 is 9.84 Å². The van der Waals surface area contributed by atoms with E-state index in [1.165, 1.54) is 0 Å². The smallest absolute Gasteiger partial charge is 0.0907 e. The Morgan fingerprint density at radius 1 is 1.26 bits per heavy atom. The Bertz CT molecular complexity index is 817. The molecule has 3 aromatic rings. The largest absolute Gasteiger partial charge is 0.394 e. The molecule has 23 heavy (non-hydrogen) atoms. The number of hydrogen-bond acceptors (Lipinski definition) is 4. The number of aromatic nitrogens is 3. The van der Waals surface area contributed by atoms with E-state index in [9.17, 15) is 0 Å². The van der Waals surface area contributed by atoms with Gasteiger partial charge < -0.3 is 9.84 Å². The summed E-state index contributed by atoms with van der Waals surface area (Å²) in [5, 5.41) is 13.5. The number of halogens is 1. The molecule has 5 nitrogen and oxygen atoms in total. The van der Waals surface area contributed by atoms with Crippen molar-refractivity contribution in [1.29, 1.82) is 0 Å². The molecule has 0 aliphatic carbocycles. The lowest BCUT2D eigenvalue weighted by Gasteiger charge is -2.10. The van der Waals surface area contributed by atoms with Crippen LogP contribution in [0.4, 0.5) is 0 Å². The maximum absolute atomic E-state index is 8.86. The number of aryl methyl sites for hydroxylation is 1. The summed E-state index contributed by atoms with van der Waals surface area (Å²) in [5.74, 6) is 0. The second-order valence-electron chi connectivity index (χ2n) is 5.19. The van der Waals surface area contributed by atoms with Gasteiger partial charge in [0.1, 0.15) is 0 Å². The Labute approximate surface area is 143 Å². The zero-order valence-electron chi connectivity index (χ0n) is 12.9. The first-order valence-electron chi connectivity index (χ1n) is 7.53. The Balaban J connectivity index is 2.12. The van der Waals surface area contributed by atoms with Crippen molar-refractivity contribution in [3.63, 3.8) is 0 Å². The maximum Gasteiger partial charge on any atom is 0.0907 e. The second-order valence-corrected chi connectivity index (χ2v) is 6.11. The predicted molar refractivity (Wildman–Crippen MR) is 92.2 cm³/mol. The summed E-state index contributed by atoms with van der Waals surface area (Å²) in [7, 11) is 0. The number of aliphatic hydroxyl groups is 1. The minimum atomic E-state index is 0.00832. The van der Waals surface area contributed by atoms with Crippen molar-refractivity contribution in [3.8, 4) is 11.1 Å². The zero-order chi connectivity index (χ0) is 16.2. The molecule has 6 heteroatoms. The fraction of sp³-hybridized carbons (Fsp3) is 0.294. The molecular formula is C17H18BrN3O2. The molecule has 3 rings (SSSR count). The average molecular weight is 376 g/mol. The molecule has 0 aliphatic heterocycles. The standard InChI is InChI=1S/C17H18BrN3O2/c1-2-15-3-4-17-16(12-7-13(18)10-19-9-12)8-14(20-21(15)17)11-23-6-5-22/h3-4,7-10,22H,2,5-6,11H2,1H3. The fourth-order valence-electron chi connectivity index (χ4n) is 2.56. The summed E-state index contributed by atoms with van der Waals surface area (Å²) in [6, 6.07) is 8.24. The first-order chi connectivity index (χ1) is 11.2. The number of pyridine rings is 1. The summed E-state index contributed by atoms with van der Waals surface area (Å²) in [5.41, 5.74) is 5.11. The molecule has 0 saturated heterocycles. The number of rotatable bonds is 6. The van der Waals surface area contributed by atoms with Crippen molar-refractivity contribution in [2.24, 2.45) is 0 Å². The van der Waals surface area contributed by atoms with Crippen LogP contribution in [0.3, 0.4) is 0 Å². The third-order valence-corrected chi connectivity index (χ3v) is 4.05. The van der Waals surface area contributed by atoms with Gasteiger partial charge in [0.15, 0.2) is 0 Å². The first-order valence-corrected chi connectivity index (χ1v) is 8.32. The minimum Gasteiger partial charge on any atom is -0.394 e. The highest BCUT2D eigenvalue weighted by Gasteiger charge is 2.11. The SMILES string of the molecule is CCc1ccc2c(-c3cncc(Br)c3)cc(COCCO)nn12. The van der Waals surface area contributed by atoms with Crippen molar-refractivity contribution in [3.05, 3.63) is 52.5 Å². The van der Waals surface area contributed by atoms with Crippen LogP contribution < -0.4 is 0 Å². The van der Waals surface area contributed by atoms with E-state index in [0.29, 0.717) is 13.2 Å². The molecule has 120 valence electrons. The average Bonchev–Trinajstić information content (AvgIpc) is 2.97. The van der Waals surface area contributed by atoms with E-state index in [0.717, 1.165) is 38.9 Å². The van der Waals surface area contributed by atoms with Crippen LogP contribution in [0, 0.1) is 0 Å². The molecule has 0 atom stereocenters. The maximum atomic E-state index is 8.86. The van der Waals surface area contributed by atoms with Crippen molar-refractivity contribution in [2.45, 2.75) is 20.0 Å². The van der Waals surface area contributed by atoms with E-state index in [-0.39, 0.29) is 6.61 Å². The molecule has 0 amide bonds. The van der Waals surface area contributed by atoms with Gasteiger partial charge >= 0.3 is 0 Å². The first kappa shape index (κ1) is 16.1. The lowest BCUT2D eigenvalue weighted by Crippen LogP contribution is -2.06. The topological polar surface area (TPSA) is 59.7 Å². The van der Waals surface area contributed by atoms with Crippen LogP contribution in [-0.4, -0.2) is 32.9 Å². The van der Waals surface area contributed by atoms with Crippen LogP contribution >= 0.6 is 15.9 Å². The van der Waals surface area contributed by atoms with Gasteiger partial charge in [-0.3, -0.25) is 4.98 Å². The van der Waals surface area contributed by atoms with Gasteiger partial charge in [0.2, 0.25) is 0 Å². The number of fused-ring (bicyclic) bond motifs is 1. The molecule has 0 fully saturated rings. The monoisotopic (exact) mass is 375 g/mol. The minimum absolute atomic E-state index is 0.00832. The lowest BCUT2D eigenvalue weighted by molar-refractivity contribution is 0.0792. The molecule has 0 aliphatic rings. The Hall–Kier alpha value is -1.76. The third-order valence-electron chi connectivity index (χ3n) is 3.61. The lowest BCUT2D eigenvalue weighted by atomic mass is 10.1. The molecular weight excluding hydrogens is 358 g/mol. The summed E-state index contributed by atoms with van der Waals surface area (Å²) in [6.45, 7) is 2.79. The van der Waals surface area contributed by atoms with E-state index in [1.54, 1.807) is 6.20 Å². The summed E-state index contributed by atoms with van der Waals surface area (Å²) in [4.78, 5) is 4.26. The quantitative estimate of drug-likeness (QED) is 0.671. The predicted octanol–water partition coefficient (Wildman–Crippen LogP) is 3.23. The number of ether oxygens (including phenoxy) is 1. The normalized spacial score (nSPS) is 11.3. The Morgan fingerprint density at radius 2 is 2.13 bits per heavy atom. The van der Waals surface area contributed by atoms with Gasteiger partial charge in [0.25, 0.3) is 0 Å². The van der Waals surface area contributed by atoms with Crippen molar-refractivity contribution in [1.82, 2.24) is 14.6 Å². The van der Waals surface area contributed by atoms with Crippen molar-refractivity contribution >= 4 is 21.4 Å². The fourth-order valence-corrected chi connectivity index (χ4v) is 2.93. The van der Waals surface area contributed by atoms with Crippen LogP contribution in [-0.2, 0) is 17.8 Å². The number of hydrogen-bond donors (Lipinski definition) is 1. The van der Waals surface area contributed by atoms with Gasteiger partial charge in [-0.25, -0.2) is 4.52 Å². The zero-order valence-corrected chi connectivity index (χ0v) is 14.5. The van der Waals surface area contributed by atoms with Gasteiger partial charge in [-0.15, -0.1) is 0 Å². The molecule has 0 bridgehead atoms. The van der Waals surface area contributed by atoms with Crippen LogP contribution in [0.5, 0.6) is 0 Å². The molecule has 0 unspecified atom stereocenters. The Kier molecular flexibility index (Phi) is 5.05. The molecule has 3 heterocycles. The molecule has 3 aromatic heterocycles. The van der Waals surface area contributed by atoms with Crippen LogP contribution in [0.2, 0.25) is 0 Å². The molecule has 0 radical (unpaired) electrons. The number of nitrogens with zero attached hydrogens (tertiary/aromatic N) is 3. The van der Waals surface area contributed by atoms with E-state index in [4.69, 9.17) is 9.84 Å². The van der Waals surface area contributed by atoms with E-state index >= 15 is 0 Å². The van der Waals surface area contributed by atoms with Crippen LogP contribution in [0.25, 0.3) is 16.6 Å². The molecule has 0 spiro atoms. The molecule has 0 saturated carbocycles. The molecule has 0 aromatic carbocycles. The summed E-state index contributed by atoms with van der Waals surface area (Å²) >= 11 is 3.47. The van der Waals surface area contributed by atoms with Crippen LogP contribution in [0.1, 0.15) is 18.3 Å². The van der Waals surface area contributed by atoms with E-state index in [1.807, 2.05) is 22.8 Å². The van der Waals surface area contributed by atoms with Crippen molar-refractivity contribution in [2.75, 3.05) is 13.2 Å². The van der Waals surface area contributed by atoms with Gasteiger partial charge in [-0.2, -0.15) is 5.10 Å². The second kappa shape index (κ2) is 7.21. The van der Waals surface area contributed by atoms with E-state index < -0.39 is 0 Å². The highest BCUT2D eigenvalue weighted by Crippen LogP contribution is 2.28. The Morgan fingerprint density at radius 3 is 2.87 bits per heavy atom. The third kappa shape index (κ3) is 3.44. The van der Waals surface area contributed by atoms with Gasteiger partial charge in [-0.1, -0.05) is 6.92 Å². The van der Waals surface area contributed by atoms with Crippen LogP contribution in [0.15, 0.2) is 41.1 Å². The summed E-state index contributed by atoms with van der Waals surface area (Å²) < 4.78 is 8.33.